The van der Waals surface area contributed by atoms with Crippen molar-refractivity contribution >= 4 is 23.2 Å². The summed E-state index contributed by atoms with van der Waals surface area (Å²) in [5.74, 6) is -1.47. The molecule has 0 aliphatic carbocycles. The van der Waals surface area contributed by atoms with Crippen molar-refractivity contribution in [2.75, 3.05) is 6.54 Å². The van der Waals surface area contributed by atoms with Crippen LogP contribution in [0.3, 0.4) is 0 Å². The zero-order valence-electron chi connectivity index (χ0n) is 15.6. The van der Waals surface area contributed by atoms with Crippen molar-refractivity contribution in [3.63, 3.8) is 0 Å². The summed E-state index contributed by atoms with van der Waals surface area (Å²) in [4.78, 5) is 0. The monoisotopic (exact) mass is 412 g/mol. The van der Waals surface area contributed by atoms with Gasteiger partial charge < -0.3 is 11.1 Å². The molecule has 0 unspecified atom stereocenters. The molecule has 1 aliphatic heterocycles. The fraction of sp³-hybridized carbons (Fsp3) is 0.429. The normalized spacial score (nSPS) is 25.8. The molecule has 2 aromatic carbocycles. The first-order valence-electron chi connectivity index (χ1n) is 8.95. The molecule has 2 nitrogen and oxygen atoms in total. The SMILES string of the molecule is CC(C)(C)C[C@@H]1NC[C@H](c2cccc(Cl)c2F)[C@@]1(N)c1ccc(Cl)cc1F. The number of rotatable bonds is 3. The number of halogens is 4. The molecule has 1 fully saturated rings. The lowest BCUT2D eigenvalue weighted by molar-refractivity contribution is 0.245. The first-order chi connectivity index (χ1) is 12.5. The van der Waals surface area contributed by atoms with Crippen LogP contribution >= 0.6 is 23.2 Å². The fourth-order valence-corrected chi connectivity index (χ4v) is 4.41. The Kier molecular flexibility index (Phi) is 5.57. The van der Waals surface area contributed by atoms with Crippen LogP contribution in [0.15, 0.2) is 36.4 Å². The first kappa shape index (κ1) is 20.5. The van der Waals surface area contributed by atoms with E-state index in [2.05, 4.69) is 26.1 Å². The quantitative estimate of drug-likeness (QED) is 0.686. The van der Waals surface area contributed by atoms with Gasteiger partial charge in [0.15, 0.2) is 0 Å². The van der Waals surface area contributed by atoms with Crippen LogP contribution in [0, 0.1) is 17.0 Å². The molecule has 1 saturated heterocycles. The summed E-state index contributed by atoms with van der Waals surface area (Å²) in [6.45, 7) is 6.72. The van der Waals surface area contributed by atoms with Gasteiger partial charge in [0.2, 0.25) is 0 Å². The smallest absolute Gasteiger partial charge is 0.145 e. The molecule has 0 amide bonds. The van der Waals surface area contributed by atoms with Crippen molar-refractivity contribution in [3.05, 3.63) is 69.2 Å². The van der Waals surface area contributed by atoms with E-state index in [0.29, 0.717) is 29.1 Å². The minimum atomic E-state index is -1.15. The van der Waals surface area contributed by atoms with E-state index in [1.54, 1.807) is 24.3 Å². The molecule has 3 N–H and O–H groups in total. The van der Waals surface area contributed by atoms with Gasteiger partial charge in [-0.3, -0.25) is 0 Å². The van der Waals surface area contributed by atoms with E-state index >= 15 is 0 Å². The third-order valence-electron chi connectivity index (χ3n) is 5.29. The van der Waals surface area contributed by atoms with E-state index in [9.17, 15) is 8.78 Å². The molecule has 1 heterocycles. The zero-order valence-corrected chi connectivity index (χ0v) is 17.1. The Balaban J connectivity index is 2.17. The van der Waals surface area contributed by atoms with Gasteiger partial charge in [0, 0.05) is 29.1 Å². The second kappa shape index (κ2) is 7.32. The summed E-state index contributed by atoms with van der Waals surface area (Å²) in [5.41, 5.74) is 6.45. The van der Waals surface area contributed by atoms with Crippen LogP contribution in [-0.2, 0) is 5.54 Å². The summed E-state index contributed by atoms with van der Waals surface area (Å²) < 4.78 is 29.7. The average Bonchev–Trinajstić information content (AvgIpc) is 2.86. The molecular weight excluding hydrogens is 389 g/mol. The van der Waals surface area contributed by atoms with Gasteiger partial charge in [-0.1, -0.05) is 62.2 Å². The number of nitrogens with two attached hydrogens (primary N) is 1. The van der Waals surface area contributed by atoms with Crippen molar-refractivity contribution in [2.24, 2.45) is 11.1 Å². The molecule has 0 aromatic heterocycles. The van der Waals surface area contributed by atoms with E-state index < -0.39 is 23.1 Å². The standard InChI is InChI=1S/C21H24Cl2F2N2/c1-20(2,3)10-18-21(26,14-8-7-12(22)9-17(14)24)15(11-27-18)13-5-4-6-16(23)19(13)25/h4-9,15,18,27H,10-11,26H2,1-3H3/t15-,18+,21+/m1/s1. The molecule has 6 heteroatoms. The lowest BCUT2D eigenvalue weighted by atomic mass is 9.70. The van der Waals surface area contributed by atoms with Crippen LogP contribution in [0.4, 0.5) is 8.78 Å². The molecule has 27 heavy (non-hydrogen) atoms. The Hall–Kier alpha value is -1.20. The maximum atomic E-state index is 14.9. The van der Waals surface area contributed by atoms with E-state index in [4.69, 9.17) is 28.9 Å². The van der Waals surface area contributed by atoms with Crippen LogP contribution in [0.2, 0.25) is 10.0 Å². The molecule has 0 spiro atoms. The van der Waals surface area contributed by atoms with Crippen molar-refractivity contribution in [1.82, 2.24) is 5.32 Å². The van der Waals surface area contributed by atoms with Gasteiger partial charge in [0.1, 0.15) is 11.6 Å². The number of nitrogens with one attached hydrogen (secondary N) is 1. The molecule has 0 bridgehead atoms. The predicted octanol–water partition coefficient (Wildman–Crippen LogP) is 5.62. The predicted molar refractivity (Wildman–Crippen MR) is 107 cm³/mol. The van der Waals surface area contributed by atoms with E-state index in [0.717, 1.165) is 0 Å². The third kappa shape index (κ3) is 3.86. The molecule has 2 aromatic rings. The fourth-order valence-electron chi connectivity index (χ4n) is 4.07. The van der Waals surface area contributed by atoms with Crippen molar-refractivity contribution in [1.29, 1.82) is 0 Å². The number of benzene rings is 2. The Labute approximate surface area is 169 Å². The lowest BCUT2D eigenvalue weighted by Gasteiger charge is -2.39. The summed E-state index contributed by atoms with van der Waals surface area (Å²) in [5, 5.41) is 3.73. The minimum Gasteiger partial charge on any atom is -0.319 e. The molecule has 3 rings (SSSR count). The van der Waals surface area contributed by atoms with Crippen molar-refractivity contribution in [2.45, 2.75) is 44.7 Å². The van der Waals surface area contributed by atoms with Crippen LogP contribution in [-0.4, -0.2) is 12.6 Å². The zero-order chi connectivity index (χ0) is 20.0. The highest BCUT2D eigenvalue weighted by Crippen LogP contribution is 2.47. The molecule has 146 valence electrons. The Morgan fingerprint density at radius 1 is 1.19 bits per heavy atom. The van der Waals surface area contributed by atoms with E-state index in [1.165, 1.54) is 12.1 Å². The van der Waals surface area contributed by atoms with E-state index in [-0.39, 0.29) is 16.5 Å². The Bertz CT molecular complexity index is 851. The molecule has 0 radical (unpaired) electrons. The van der Waals surface area contributed by atoms with Crippen LogP contribution in [0.5, 0.6) is 0 Å². The van der Waals surface area contributed by atoms with Crippen molar-refractivity contribution in [3.8, 4) is 0 Å². The molecule has 1 aliphatic rings. The largest absolute Gasteiger partial charge is 0.319 e. The molecule has 3 atom stereocenters. The van der Waals surface area contributed by atoms with Gasteiger partial charge in [-0.15, -0.1) is 0 Å². The highest BCUT2D eigenvalue weighted by molar-refractivity contribution is 6.31. The van der Waals surface area contributed by atoms with Gasteiger partial charge in [0.25, 0.3) is 0 Å². The second-order valence-electron chi connectivity index (χ2n) is 8.48. The Morgan fingerprint density at radius 2 is 1.89 bits per heavy atom. The summed E-state index contributed by atoms with van der Waals surface area (Å²) in [6, 6.07) is 9.10. The van der Waals surface area contributed by atoms with Crippen LogP contribution < -0.4 is 11.1 Å². The maximum absolute atomic E-state index is 14.9. The minimum absolute atomic E-state index is 0.0331. The van der Waals surface area contributed by atoms with Gasteiger partial charge in [-0.25, -0.2) is 8.78 Å². The van der Waals surface area contributed by atoms with Gasteiger partial charge in [-0.2, -0.15) is 0 Å². The van der Waals surface area contributed by atoms with Crippen molar-refractivity contribution < 1.29 is 8.78 Å². The van der Waals surface area contributed by atoms with Gasteiger partial charge in [0.05, 0.1) is 10.6 Å². The summed E-state index contributed by atoms with van der Waals surface area (Å²) in [6.07, 6.45) is 0.699. The summed E-state index contributed by atoms with van der Waals surface area (Å²) in [7, 11) is 0. The molecular formula is C21H24Cl2F2N2. The number of hydrogen-bond acceptors (Lipinski definition) is 2. The topological polar surface area (TPSA) is 38.0 Å². The van der Waals surface area contributed by atoms with E-state index in [1.807, 2.05) is 0 Å². The highest BCUT2D eigenvalue weighted by atomic mass is 35.5. The van der Waals surface area contributed by atoms with Gasteiger partial charge >= 0.3 is 0 Å². The first-order valence-corrected chi connectivity index (χ1v) is 9.71. The second-order valence-corrected chi connectivity index (χ2v) is 9.32. The third-order valence-corrected chi connectivity index (χ3v) is 5.82. The highest BCUT2D eigenvalue weighted by Gasteiger charge is 2.52. The van der Waals surface area contributed by atoms with Crippen LogP contribution in [0.25, 0.3) is 0 Å². The summed E-state index contributed by atoms with van der Waals surface area (Å²) >= 11 is 11.9. The molecule has 0 saturated carbocycles. The lowest BCUT2D eigenvalue weighted by Crippen LogP contribution is -2.52. The van der Waals surface area contributed by atoms with Crippen LogP contribution in [0.1, 0.15) is 44.2 Å². The number of hydrogen-bond donors (Lipinski definition) is 2. The average molecular weight is 413 g/mol. The van der Waals surface area contributed by atoms with Gasteiger partial charge in [-0.05, 0) is 35.6 Å². The Morgan fingerprint density at radius 3 is 2.52 bits per heavy atom. The maximum Gasteiger partial charge on any atom is 0.145 e.